The van der Waals surface area contributed by atoms with Gasteiger partial charge in [-0.1, -0.05) is 29.3 Å². The summed E-state index contributed by atoms with van der Waals surface area (Å²) in [6, 6.07) is 8.19. The van der Waals surface area contributed by atoms with Gasteiger partial charge in [-0.3, -0.25) is 0 Å². The van der Waals surface area contributed by atoms with Gasteiger partial charge in [-0.05, 0) is 30.3 Å². The molecule has 0 saturated carbocycles. The number of carbonyl (C=O) groups excluding carboxylic acids is 1. The Morgan fingerprint density at radius 2 is 1.79 bits per heavy atom. The van der Waals surface area contributed by atoms with Gasteiger partial charge in [-0.2, -0.15) is 13.2 Å². The number of alkyl halides is 3. The van der Waals surface area contributed by atoms with Gasteiger partial charge in [0.2, 0.25) is 0 Å². The SMILES string of the molecule is O=C(Oc1cn(S(=O)(=O)c2cccc(Cl)c2)c2ccc(Cl)c(N3CCNCC3)c12)C(F)(F)F. The van der Waals surface area contributed by atoms with Crippen LogP contribution < -0.4 is 15.0 Å². The number of nitrogens with zero attached hydrogens (tertiary/aromatic N) is 2. The number of aromatic nitrogens is 1. The van der Waals surface area contributed by atoms with Crippen molar-refractivity contribution in [1.82, 2.24) is 9.29 Å². The van der Waals surface area contributed by atoms with E-state index in [4.69, 9.17) is 23.2 Å². The van der Waals surface area contributed by atoms with Crippen LogP contribution in [0.3, 0.4) is 0 Å². The van der Waals surface area contributed by atoms with Gasteiger partial charge in [0.15, 0.2) is 5.75 Å². The highest BCUT2D eigenvalue weighted by atomic mass is 35.5. The quantitative estimate of drug-likeness (QED) is 0.521. The van der Waals surface area contributed by atoms with Crippen molar-refractivity contribution in [3.63, 3.8) is 0 Å². The van der Waals surface area contributed by atoms with Crippen LogP contribution in [0.15, 0.2) is 47.5 Å². The lowest BCUT2D eigenvalue weighted by Gasteiger charge is -2.31. The van der Waals surface area contributed by atoms with Crippen LogP contribution in [-0.2, 0) is 14.8 Å². The highest BCUT2D eigenvalue weighted by Gasteiger charge is 2.42. The molecule has 13 heteroatoms. The molecule has 176 valence electrons. The number of rotatable bonds is 4. The van der Waals surface area contributed by atoms with Crippen molar-refractivity contribution in [3.8, 4) is 5.75 Å². The number of ether oxygens (including phenoxy) is 1. The molecule has 0 atom stereocenters. The molecule has 0 unspecified atom stereocenters. The molecule has 1 aliphatic rings. The smallest absolute Gasteiger partial charge is 0.417 e. The molecule has 4 rings (SSSR count). The summed E-state index contributed by atoms with van der Waals surface area (Å²) in [5, 5.41) is 3.45. The molecule has 2 heterocycles. The fourth-order valence-corrected chi connectivity index (χ4v) is 5.53. The average molecular weight is 522 g/mol. The summed E-state index contributed by atoms with van der Waals surface area (Å²) in [5.41, 5.74) is 0.276. The van der Waals surface area contributed by atoms with Gasteiger partial charge in [0.05, 0.1) is 32.7 Å². The maximum absolute atomic E-state index is 13.4. The number of hydrogen-bond donors (Lipinski definition) is 1. The van der Waals surface area contributed by atoms with E-state index in [1.54, 1.807) is 4.90 Å². The van der Waals surface area contributed by atoms with Crippen molar-refractivity contribution in [2.24, 2.45) is 0 Å². The largest absolute Gasteiger partial charge is 0.491 e. The Hall–Kier alpha value is -2.47. The predicted molar refractivity (Wildman–Crippen MR) is 118 cm³/mol. The first-order chi connectivity index (χ1) is 15.5. The maximum Gasteiger partial charge on any atom is 0.491 e. The Balaban J connectivity index is 1.98. The minimum atomic E-state index is -5.28. The van der Waals surface area contributed by atoms with Crippen LogP contribution in [0, 0.1) is 0 Å². The first-order valence-corrected chi connectivity index (χ1v) is 11.8. The van der Waals surface area contributed by atoms with Gasteiger partial charge in [0, 0.05) is 31.2 Å². The highest BCUT2D eigenvalue weighted by molar-refractivity contribution is 7.90. The Bertz CT molecular complexity index is 1340. The monoisotopic (exact) mass is 521 g/mol. The normalized spacial score (nSPS) is 15.1. The van der Waals surface area contributed by atoms with Gasteiger partial charge in [-0.25, -0.2) is 17.2 Å². The van der Waals surface area contributed by atoms with E-state index in [0.717, 1.165) is 10.2 Å². The standard InChI is InChI=1S/C20H16Cl2F3N3O4S/c21-12-2-1-3-13(10-12)33(30,31)28-11-16(32-19(29)20(23,24)25)17-15(28)5-4-14(22)18(17)27-8-6-26-7-9-27/h1-5,10-11,26H,6-9H2. The summed E-state index contributed by atoms with van der Waals surface area (Å²) in [6.45, 7) is 2.06. The van der Waals surface area contributed by atoms with Crippen molar-refractivity contribution in [1.29, 1.82) is 0 Å². The zero-order valence-corrected chi connectivity index (χ0v) is 19.0. The van der Waals surface area contributed by atoms with E-state index in [1.165, 1.54) is 36.4 Å². The molecule has 1 aliphatic heterocycles. The zero-order chi connectivity index (χ0) is 24.0. The lowest BCUT2D eigenvalue weighted by atomic mass is 10.1. The van der Waals surface area contributed by atoms with E-state index in [2.05, 4.69) is 10.1 Å². The van der Waals surface area contributed by atoms with Crippen LogP contribution in [0.1, 0.15) is 0 Å². The van der Waals surface area contributed by atoms with Crippen LogP contribution in [-0.4, -0.2) is 50.7 Å². The average Bonchev–Trinajstić information content (AvgIpc) is 3.12. The molecule has 1 aromatic heterocycles. The molecule has 0 aliphatic carbocycles. The third-order valence-corrected chi connectivity index (χ3v) is 7.26. The van der Waals surface area contributed by atoms with E-state index in [9.17, 15) is 26.4 Å². The van der Waals surface area contributed by atoms with E-state index >= 15 is 0 Å². The van der Waals surface area contributed by atoms with Crippen molar-refractivity contribution in [2.45, 2.75) is 11.1 Å². The third kappa shape index (κ3) is 4.50. The summed E-state index contributed by atoms with van der Waals surface area (Å²) in [6.07, 6.45) is -4.44. The predicted octanol–water partition coefficient (Wildman–Crippen LogP) is 4.06. The van der Waals surface area contributed by atoms with E-state index in [0.29, 0.717) is 26.2 Å². The van der Waals surface area contributed by atoms with Crippen LogP contribution in [0.5, 0.6) is 5.75 Å². The van der Waals surface area contributed by atoms with Crippen molar-refractivity contribution in [2.75, 3.05) is 31.1 Å². The van der Waals surface area contributed by atoms with Gasteiger partial charge in [-0.15, -0.1) is 0 Å². The molecule has 2 aromatic carbocycles. The molecule has 3 aromatic rings. The van der Waals surface area contributed by atoms with Crippen molar-refractivity contribution < 1.29 is 31.1 Å². The number of anilines is 1. The number of piperazine rings is 1. The Kier molecular flexibility index (Phi) is 6.25. The van der Waals surface area contributed by atoms with E-state index < -0.39 is 27.9 Å². The summed E-state index contributed by atoms with van der Waals surface area (Å²) in [4.78, 5) is 13.2. The second-order valence-corrected chi connectivity index (χ2v) is 9.82. The second kappa shape index (κ2) is 8.71. The molecule has 7 nitrogen and oxygen atoms in total. The third-order valence-electron chi connectivity index (χ3n) is 5.05. The number of nitrogens with one attached hydrogen (secondary N) is 1. The van der Waals surface area contributed by atoms with Crippen LogP contribution in [0.4, 0.5) is 18.9 Å². The van der Waals surface area contributed by atoms with Gasteiger partial charge < -0.3 is 15.0 Å². The van der Waals surface area contributed by atoms with Gasteiger partial charge >= 0.3 is 12.1 Å². The summed E-state index contributed by atoms with van der Waals surface area (Å²) >= 11 is 12.3. The zero-order valence-electron chi connectivity index (χ0n) is 16.7. The van der Waals surface area contributed by atoms with Crippen LogP contribution in [0.2, 0.25) is 10.0 Å². The topological polar surface area (TPSA) is 80.6 Å². The number of hydrogen-bond acceptors (Lipinski definition) is 6. The Morgan fingerprint density at radius 3 is 2.42 bits per heavy atom. The molecule has 1 fully saturated rings. The van der Waals surface area contributed by atoms with E-state index in [-0.39, 0.29) is 31.5 Å². The second-order valence-electron chi connectivity index (χ2n) is 7.17. The molecule has 33 heavy (non-hydrogen) atoms. The molecule has 1 saturated heterocycles. The number of benzene rings is 2. The molecular weight excluding hydrogens is 506 g/mol. The fraction of sp³-hybridized carbons (Fsp3) is 0.250. The van der Waals surface area contributed by atoms with E-state index in [1.807, 2.05) is 0 Å². The van der Waals surface area contributed by atoms with Crippen molar-refractivity contribution >= 4 is 55.8 Å². The first-order valence-electron chi connectivity index (χ1n) is 9.59. The number of halogens is 5. The maximum atomic E-state index is 13.4. The van der Waals surface area contributed by atoms with Gasteiger partial charge in [0.1, 0.15) is 0 Å². The summed E-state index contributed by atoms with van der Waals surface area (Å²) in [7, 11) is -4.31. The first kappa shape index (κ1) is 23.7. The molecule has 0 amide bonds. The lowest BCUT2D eigenvalue weighted by molar-refractivity contribution is -0.189. The lowest BCUT2D eigenvalue weighted by Crippen LogP contribution is -2.43. The number of carbonyl (C=O) groups is 1. The molecule has 0 spiro atoms. The van der Waals surface area contributed by atoms with Crippen LogP contribution in [0.25, 0.3) is 10.9 Å². The summed E-state index contributed by atoms with van der Waals surface area (Å²) in [5.74, 6) is -3.05. The Morgan fingerprint density at radius 1 is 1.09 bits per heavy atom. The van der Waals surface area contributed by atoms with Crippen LogP contribution >= 0.6 is 23.2 Å². The number of esters is 1. The summed E-state index contributed by atoms with van der Waals surface area (Å²) < 4.78 is 71.0. The number of fused-ring (bicyclic) bond motifs is 1. The fourth-order valence-electron chi connectivity index (χ4n) is 3.59. The molecule has 0 bridgehead atoms. The molecule has 0 radical (unpaired) electrons. The Labute approximate surface area is 196 Å². The van der Waals surface area contributed by atoms with Crippen molar-refractivity contribution in [3.05, 3.63) is 52.6 Å². The minimum Gasteiger partial charge on any atom is -0.417 e. The van der Waals surface area contributed by atoms with Gasteiger partial charge in [0.25, 0.3) is 10.0 Å². The highest BCUT2D eigenvalue weighted by Crippen LogP contribution is 2.43. The molecular formula is C20H16Cl2F3N3O4S. The minimum absolute atomic E-state index is 0.00196. The molecule has 1 N–H and O–H groups in total.